The van der Waals surface area contributed by atoms with Crippen molar-refractivity contribution in [1.29, 1.82) is 0 Å². The number of hydrogen-bond donors (Lipinski definition) is 0. The Balaban J connectivity index is 1.75. The highest BCUT2D eigenvalue weighted by Gasteiger charge is 2.23. The molecule has 2 aromatic rings. The largest absolute Gasteiger partial charge is 0.331 e. The number of amides is 1. The van der Waals surface area contributed by atoms with Gasteiger partial charge in [0.05, 0.1) is 17.1 Å². The number of thiophene rings is 1. The van der Waals surface area contributed by atoms with Gasteiger partial charge >= 0.3 is 0 Å². The van der Waals surface area contributed by atoms with Gasteiger partial charge in [-0.1, -0.05) is 6.07 Å². The highest BCUT2D eigenvalue weighted by Crippen LogP contribution is 2.18. The van der Waals surface area contributed by atoms with Crippen LogP contribution in [0, 0.1) is 0 Å². The smallest absolute Gasteiger partial charge is 0.264 e. The molecule has 0 aromatic carbocycles. The number of aromatic nitrogens is 2. The molecule has 3 rings (SSSR count). The van der Waals surface area contributed by atoms with Crippen molar-refractivity contribution in [2.24, 2.45) is 0 Å². The Labute approximate surface area is 122 Å². The van der Waals surface area contributed by atoms with Crippen molar-refractivity contribution in [1.82, 2.24) is 19.4 Å². The van der Waals surface area contributed by atoms with Crippen molar-refractivity contribution in [2.45, 2.75) is 19.6 Å². The van der Waals surface area contributed by atoms with Crippen LogP contribution in [-0.4, -0.2) is 45.9 Å². The summed E-state index contributed by atoms with van der Waals surface area (Å²) in [7, 11) is 4.07. The molecule has 0 unspecified atom stereocenters. The van der Waals surface area contributed by atoms with E-state index in [-0.39, 0.29) is 5.91 Å². The number of rotatable bonds is 3. The van der Waals surface area contributed by atoms with E-state index in [2.05, 4.69) is 20.6 Å². The Hall–Kier alpha value is -1.66. The van der Waals surface area contributed by atoms with Gasteiger partial charge in [-0.05, 0) is 25.5 Å². The van der Waals surface area contributed by atoms with Crippen LogP contribution in [0.3, 0.4) is 0 Å². The van der Waals surface area contributed by atoms with E-state index < -0.39 is 0 Å². The molecule has 1 aliphatic rings. The first-order valence-electron chi connectivity index (χ1n) is 6.66. The van der Waals surface area contributed by atoms with Crippen LogP contribution < -0.4 is 0 Å². The fourth-order valence-electron chi connectivity index (χ4n) is 2.44. The summed E-state index contributed by atoms with van der Waals surface area (Å²) in [5.74, 6) is 1.10. The van der Waals surface area contributed by atoms with E-state index in [1.165, 1.54) is 11.3 Å². The minimum Gasteiger partial charge on any atom is -0.331 e. The van der Waals surface area contributed by atoms with Crippen molar-refractivity contribution in [3.63, 3.8) is 0 Å². The zero-order valence-corrected chi connectivity index (χ0v) is 12.6. The lowest BCUT2D eigenvalue weighted by Crippen LogP contribution is -2.37. The van der Waals surface area contributed by atoms with E-state index in [4.69, 9.17) is 0 Å². The molecular formula is C14H18N4OS. The third-order valence-corrected chi connectivity index (χ3v) is 4.21. The molecule has 0 atom stereocenters. The number of imidazole rings is 1. The first-order valence-corrected chi connectivity index (χ1v) is 7.54. The molecule has 0 spiro atoms. The third-order valence-electron chi connectivity index (χ3n) is 3.35. The van der Waals surface area contributed by atoms with Gasteiger partial charge in [0, 0.05) is 25.8 Å². The summed E-state index contributed by atoms with van der Waals surface area (Å²) in [4.78, 5) is 21.8. The normalized spacial score (nSPS) is 14.7. The minimum absolute atomic E-state index is 0.114. The maximum Gasteiger partial charge on any atom is 0.264 e. The number of nitrogens with zero attached hydrogens (tertiary/aromatic N) is 4. The quantitative estimate of drug-likeness (QED) is 0.863. The van der Waals surface area contributed by atoms with Gasteiger partial charge in [-0.2, -0.15) is 0 Å². The van der Waals surface area contributed by atoms with Gasteiger partial charge in [0.15, 0.2) is 0 Å². The third kappa shape index (κ3) is 2.62. The highest BCUT2D eigenvalue weighted by molar-refractivity contribution is 7.12. The Bertz CT molecular complexity index is 603. The summed E-state index contributed by atoms with van der Waals surface area (Å²) in [5.41, 5.74) is 1.07. The van der Waals surface area contributed by atoms with Crippen molar-refractivity contribution >= 4 is 17.2 Å². The van der Waals surface area contributed by atoms with E-state index in [1.807, 2.05) is 36.5 Å². The summed E-state index contributed by atoms with van der Waals surface area (Å²) in [6.45, 7) is 3.01. The molecule has 0 N–H and O–H groups in total. The SMILES string of the molecule is CN(C)Cc1cn2c(n1)CN(C(=O)c1cccs1)CC2. The Kier molecular flexibility index (Phi) is 3.58. The monoisotopic (exact) mass is 290 g/mol. The topological polar surface area (TPSA) is 41.4 Å². The fourth-order valence-corrected chi connectivity index (χ4v) is 3.13. The van der Waals surface area contributed by atoms with Gasteiger partial charge in [-0.25, -0.2) is 4.98 Å². The lowest BCUT2D eigenvalue weighted by molar-refractivity contribution is 0.0712. The van der Waals surface area contributed by atoms with E-state index in [1.54, 1.807) is 0 Å². The molecule has 3 heterocycles. The Morgan fingerprint density at radius 1 is 1.45 bits per heavy atom. The summed E-state index contributed by atoms with van der Waals surface area (Å²) in [6, 6.07) is 3.80. The fraction of sp³-hybridized carbons (Fsp3) is 0.429. The molecule has 106 valence electrons. The summed E-state index contributed by atoms with van der Waals surface area (Å²) in [5, 5.41) is 1.94. The van der Waals surface area contributed by atoms with Gasteiger partial charge < -0.3 is 14.4 Å². The van der Waals surface area contributed by atoms with Gasteiger partial charge in [0.25, 0.3) is 5.91 Å². The molecule has 2 aromatic heterocycles. The summed E-state index contributed by atoms with van der Waals surface area (Å²) in [6.07, 6.45) is 2.10. The number of carbonyl (C=O) groups is 1. The Morgan fingerprint density at radius 3 is 3.00 bits per heavy atom. The lowest BCUT2D eigenvalue weighted by Gasteiger charge is -2.27. The van der Waals surface area contributed by atoms with Crippen molar-refractivity contribution in [2.75, 3.05) is 20.6 Å². The van der Waals surface area contributed by atoms with Crippen LogP contribution in [0.2, 0.25) is 0 Å². The highest BCUT2D eigenvalue weighted by atomic mass is 32.1. The lowest BCUT2D eigenvalue weighted by atomic mass is 10.3. The van der Waals surface area contributed by atoms with Gasteiger partial charge in [-0.15, -0.1) is 11.3 Å². The first kappa shape index (κ1) is 13.3. The van der Waals surface area contributed by atoms with E-state index >= 15 is 0 Å². The van der Waals surface area contributed by atoms with Crippen LogP contribution in [0.15, 0.2) is 23.7 Å². The zero-order chi connectivity index (χ0) is 14.1. The van der Waals surface area contributed by atoms with Crippen LogP contribution in [0.25, 0.3) is 0 Å². The molecule has 6 heteroatoms. The summed E-state index contributed by atoms with van der Waals surface area (Å²) >= 11 is 1.49. The van der Waals surface area contributed by atoms with Gasteiger partial charge in [0.1, 0.15) is 5.82 Å². The molecule has 20 heavy (non-hydrogen) atoms. The molecule has 5 nitrogen and oxygen atoms in total. The predicted molar refractivity (Wildman–Crippen MR) is 78.7 cm³/mol. The first-order chi connectivity index (χ1) is 9.63. The molecule has 0 aliphatic carbocycles. The average molecular weight is 290 g/mol. The molecule has 0 saturated heterocycles. The molecule has 0 bridgehead atoms. The maximum atomic E-state index is 12.3. The van der Waals surface area contributed by atoms with Crippen LogP contribution in [0.5, 0.6) is 0 Å². The van der Waals surface area contributed by atoms with Crippen LogP contribution in [0.1, 0.15) is 21.2 Å². The number of fused-ring (bicyclic) bond motifs is 1. The standard InChI is InChI=1S/C14H18N4OS/c1-16(2)8-11-9-17-5-6-18(10-13(17)15-11)14(19)12-4-3-7-20-12/h3-4,7,9H,5-6,8,10H2,1-2H3. The molecule has 1 aliphatic heterocycles. The van der Waals surface area contributed by atoms with E-state index in [0.717, 1.165) is 36.0 Å². The van der Waals surface area contributed by atoms with Crippen LogP contribution in [-0.2, 0) is 19.6 Å². The molecule has 0 radical (unpaired) electrons. The maximum absolute atomic E-state index is 12.3. The second kappa shape index (κ2) is 5.38. The number of hydrogen-bond acceptors (Lipinski definition) is 4. The van der Waals surface area contributed by atoms with E-state index in [9.17, 15) is 4.79 Å². The van der Waals surface area contributed by atoms with E-state index in [0.29, 0.717) is 6.54 Å². The number of carbonyl (C=O) groups excluding carboxylic acids is 1. The average Bonchev–Trinajstić information content (AvgIpc) is 3.04. The van der Waals surface area contributed by atoms with Crippen LogP contribution >= 0.6 is 11.3 Å². The predicted octanol–water partition coefficient (Wildman–Crippen LogP) is 1.66. The van der Waals surface area contributed by atoms with Crippen molar-refractivity contribution in [3.05, 3.63) is 40.1 Å². The second-order valence-electron chi connectivity index (χ2n) is 5.28. The van der Waals surface area contributed by atoms with Gasteiger partial charge in [-0.3, -0.25) is 4.79 Å². The minimum atomic E-state index is 0.114. The zero-order valence-electron chi connectivity index (χ0n) is 11.7. The Morgan fingerprint density at radius 2 is 2.30 bits per heavy atom. The van der Waals surface area contributed by atoms with Gasteiger partial charge in [0.2, 0.25) is 0 Å². The van der Waals surface area contributed by atoms with Crippen molar-refractivity contribution < 1.29 is 4.79 Å². The second-order valence-corrected chi connectivity index (χ2v) is 6.23. The van der Waals surface area contributed by atoms with Crippen LogP contribution in [0.4, 0.5) is 0 Å². The molecule has 1 amide bonds. The molecule has 0 saturated carbocycles. The molecular weight excluding hydrogens is 272 g/mol. The summed E-state index contributed by atoms with van der Waals surface area (Å²) < 4.78 is 2.16. The molecule has 0 fully saturated rings. The van der Waals surface area contributed by atoms with Crippen molar-refractivity contribution in [3.8, 4) is 0 Å².